The summed E-state index contributed by atoms with van der Waals surface area (Å²) in [7, 11) is -1.03. The second-order valence-electron chi connectivity index (χ2n) is 9.62. The Kier molecular flexibility index (Phi) is 9.03. The standard InChI is InChI=1S/C26H36N6O6S/c1-16(2)38-24(19-15-27-17(3)14-28-19)18(4)39(33,34)31-26-30-29-25(22-10-7-8-13-37-22)32(26)23-20(35-5)11-9-12-21(23)36-6/h9,11-12,14-16,18,22,24H,7-8,10,13H2,1-6H3,(H,30,31)/t18-,22+,24+/m0/s1. The second kappa shape index (κ2) is 12.3. The number of nitrogens with one attached hydrogen (secondary N) is 1. The molecule has 4 rings (SSSR count). The van der Waals surface area contributed by atoms with E-state index in [1.165, 1.54) is 20.4 Å². The molecule has 3 aromatic rings. The molecule has 1 N–H and O–H groups in total. The first-order valence-corrected chi connectivity index (χ1v) is 14.4. The third-order valence-electron chi connectivity index (χ3n) is 6.44. The summed E-state index contributed by atoms with van der Waals surface area (Å²) in [6.45, 7) is 7.62. The van der Waals surface area contributed by atoms with Gasteiger partial charge in [-0.1, -0.05) is 6.07 Å². The molecule has 0 amide bonds. The average molecular weight is 561 g/mol. The largest absolute Gasteiger partial charge is 0.494 e. The van der Waals surface area contributed by atoms with Crippen LogP contribution in [0.3, 0.4) is 0 Å². The Bertz CT molecular complexity index is 1330. The minimum absolute atomic E-state index is 0.0212. The van der Waals surface area contributed by atoms with Gasteiger partial charge in [-0.15, -0.1) is 10.2 Å². The Morgan fingerprint density at radius 2 is 1.77 bits per heavy atom. The van der Waals surface area contributed by atoms with Crippen molar-refractivity contribution in [1.29, 1.82) is 0 Å². The molecule has 212 valence electrons. The summed E-state index contributed by atoms with van der Waals surface area (Å²) in [6, 6.07) is 5.30. The molecular formula is C26H36N6O6S. The topological polar surface area (TPSA) is 140 Å². The van der Waals surface area contributed by atoms with E-state index < -0.39 is 21.4 Å². The van der Waals surface area contributed by atoms with E-state index in [2.05, 4.69) is 24.9 Å². The summed E-state index contributed by atoms with van der Waals surface area (Å²) in [5, 5.41) is 7.56. The van der Waals surface area contributed by atoms with Gasteiger partial charge in [0.05, 0.1) is 37.9 Å². The molecule has 1 aromatic carbocycles. The van der Waals surface area contributed by atoms with Crippen molar-refractivity contribution in [3.63, 3.8) is 0 Å². The zero-order chi connectivity index (χ0) is 28.2. The van der Waals surface area contributed by atoms with Gasteiger partial charge in [0.15, 0.2) is 5.82 Å². The van der Waals surface area contributed by atoms with Crippen LogP contribution >= 0.6 is 0 Å². The van der Waals surface area contributed by atoms with Crippen molar-refractivity contribution >= 4 is 16.0 Å². The summed E-state index contributed by atoms with van der Waals surface area (Å²) in [5.74, 6) is 1.33. The third-order valence-corrected chi connectivity index (χ3v) is 8.13. The maximum atomic E-state index is 13.8. The predicted molar refractivity (Wildman–Crippen MR) is 145 cm³/mol. The van der Waals surface area contributed by atoms with Crippen LogP contribution in [0.15, 0.2) is 30.6 Å². The minimum atomic E-state index is -4.09. The van der Waals surface area contributed by atoms with Gasteiger partial charge < -0.3 is 18.9 Å². The highest BCUT2D eigenvalue weighted by Crippen LogP contribution is 2.39. The van der Waals surface area contributed by atoms with E-state index in [-0.39, 0.29) is 18.2 Å². The first kappa shape index (κ1) is 28.7. The molecule has 3 atom stereocenters. The van der Waals surface area contributed by atoms with E-state index >= 15 is 0 Å². The van der Waals surface area contributed by atoms with Crippen molar-refractivity contribution < 1.29 is 27.4 Å². The van der Waals surface area contributed by atoms with E-state index in [1.807, 2.05) is 20.8 Å². The molecule has 39 heavy (non-hydrogen) atoms. The number of methoxy groups -OCH3 is 2. The Hall–Kier alpha value is -3.29. The molecule has 0 saturated carbocycles. The maximum absolute atomic E-state index is 13.8. The lowest BCUT2D eigenvalue weighted by Crippen LogP contribution is -2.34. The van der Waals surface area contributed by atoms with Crippen molar-refractivity contribution in [2.45, 2.75) is 70.5 Å². The third kappa shape index (κ3) is 6.31. The van der Waals surface area contributed by atoms with Crippen LogP contribution < -0.4 is 14.2 Å². The number of aryl methyl sites for hydroxylation is 1. The molecular weight excluding hydrogens is 524 g/mol. The zero-order valence-corrected chi connectivity index (χ0v) is 23.9. The van der Waals surface area contributed by atoms with Crippen LogP contribution in [-0.2, 0) is 19.5 Å². The van der Waals surface area contributed by atoms with Crippen molar-refractivity contribution in [2.24, 2.45) is 0 Å². The molecule has 2 aromatic heterocycles. The molecule has 3 heterocycles. The highest BCUT2D eigenvalue weighted by Gasteiger charge is 2.36. The summed E-state index contributed by atoms with van der Waals surface area (Å²) >= 11 is 0. The molecule has 13 heteroatoms. The molecule has 0 bridgehead atoms. The van der Waals surface area contributed by atoms with Crippen LogP contribution in [-0.4, -0.2) is 65.3 Å². The molecule has 1 aliphatic heterocycles. The van der Waals surface area contributed by atoms with Crippen LogP contribution in [0.25, 0.3) is 5.69 Å². The van der Waals surface area contributed by atoms with Gasteiger partial charge in [-0.3, -0.25) is 19.3 Å². The molecule has 0 aliphatic carbocycles. The van der Waals surface area contributed by atoms with Gasteiger partial charge in [-0.2, -0.15) is 0 Å². The number of hydrogen-bond acceptors (Lipinski definition) is 10. The van der Waals surface area contributed by atoms with Gasteiger partial charge in [-0.05, 0) is 59.1 Å². The fraction of sp³-hybridized carbons (Fsp3) is 0.538. The quantitative estimate of drug-likeness (QED) is 0.367. The van der Waals surface area contributed by atoms with Gasteiger partial charge >= 0.3 is 0 Å². The van der Waals surface area contributed by atoms with E-state index in [0.29, 0.717) is 41.0 Å². The van der Waals surface area contributed by atoms with E-state index in [4.69, 9.17) is 18.9 Å². The molecule has 0 radical (unpaired) electrons. The minimum Gasteiger partial charge on any atom is -0.494 e. The van der Waals surface area contributed by atoms with Crippen molar-refractivity contribution in [2.75, 3.05) is 25.5 Å². The summed E-state index contributed by atoms with van der Waals surface area (Å²) in [5.41, 5.74) is 1.59. The van der Waals surface area contributed by atoms with Crippen molar-refractivity contribution in [3.05, 3.63) is 47.8 Å². The number of sulfonamides is 1. The molecule has 1 fully saturated rings. The van der Waals surface area contributed by atoms with E-state index in [9.17, 15) is 8.42 Å². The fourth-order valence-corrected chi connectivity index (χ4v) is 5.54. The highest BCUT2D eigenvalue weighted by atomic mass is 32.2. The lowest BCUT2D eigenvalue weighted by Gasteiger charge is -2.27. The number of para-hydroxylation sites is 1. The first-order valence-electron chi connectivity index (χ1n) is 12.9. The molecule has 1 saturated heterocycles. The van der Waals surface area contributed by atoms with Crippen LogP contribution in [0.1, 0.15) is 69.5 Å². The summed E-state index contributed by atoms with van der Waals surface area (Å²) in [4.78, 5) is 8.66. The number of ether oxygens (including phenoxy) is 4. The monoisotopic (exact) mass is 560 g/mol. The zero-order valence-electron chi connectivity index (χ0n) is 23.1. The van der Waals surface area contributed by atoms with Gasteiger partial charge in [0.25, 0.3) is 0 Å². The summed E-state index contributed by atoms with van der Waals surface area (Å²) < 4.78 is 55.2. The second-order valence-corrected chi connectivity index (χ2v) is 11.7. The Morgan fingerprint density at radius 1 is 1.05 bits per heavy atom. The summed E-state index contributed by atoms with van der Waals surface area (Å²) in [6.07, 6.45) is 4.21. The maximum Gasteiger partial charge on any atom is 0.243 e. The number of rotatable bonds is 11. The predicted octanol–water partition coefficient (Wildman–Crippen LogP) is 3.92. The number of anilines is 1. The highest BCUT2D eigenvalue weighted by molar-refractivity contribution is 7.93. The average Bonchev–Trinajstić information content (AvgIpc) is 3.33. The van der Waals surface area contributed by atoms with Gasteiger partial charge in [0.1, 0.15) is 34.6 Å². The Balaban J connectivity index is 1.79. The number of nitrogens with zero attached hydrogens (tertiary/aromatic N) is 5. The first-order chi connectivity index (χ1) is 18.7. The van der Waals surface area contributed by atoms with Gasteiger partial charge in [0.2, 0.25) is 16.0 Å². The van der Waals surface area contributed by atoms with Crippen molar-refractivity contribution in [3.8, 4) is 17.2 Å². The SMILES string of the molecule is COc1cccc(OC)c1-n1c(NS(=O)(=O)[C@@H](C)[C@@H](OC(C)C)c2cnc(C)cn2)nnc1[C@H]1CCCCO1. The normalized spacial score (nSPS) is 17.6. The van der Waals surface area contributed by atoms with Crippen LogP contribution in [0, 0.1) is 6.92 Å². The van der Waals surface area contributed by atoms with Crippen LogP contribution in [0.4, 0.5) is 5.95 Å². The lowest BCUT2D eigenvalue weighted by molar-refractivity contribution is 0.00392. The Labute approximate surface area is 229 Å². The Morgan fingerprint density at radius 3 is 2.33 bits per heavy atom. The number of aromatic nitrogens is 5. The van der Waals surface area contributed by atoms with Crippen LogP contribution in [0.2, 0.25) is 0 Å². The molecule has 0 spiro atoms. The van der Waals surface area contributed by atoms with Gasteiger partial charge in [0, 0.05) is 12.8 Å². The van der Waals surface area contributed by atoms with E-state index in [1.54, 1.807) is 35.9 Å². The molecule has 0 unspecified atom stereocenters. The number of benzene rings is 1. The van der Waals surface area contributed by atoms with Gasteiger partial charge in [-0.25, -0.2) is 8.42 Å². The molecule has 12 nitrogen and oxygen atoms in total. The fourth-order valence-electron chi connectivity index (χ4n) is 4.43. The molecule has 1 aliphatic rings. The number of hydrogen-bond donors (Lipinski definition) is 1. The lowest BCUT2D eigenvalue weighted by atomic mass is 10.1. The van der Waals surface area contributed by atoms with E-state index in [0.717, 1.165) is 19.3 Å². The smallest absolute Gasteiger partial charge is 0.243 e. The van der Waals surface area contributed by atoms with Crippen LogP contribution in [0.5, 0.6) is 11.5 Å². The van der Waals surface area contributed by atoms with Crippen molar-refractivity contribution in [1.82, 2.24) is 24.7 Å².